The molecule has 2 nitrogen and oxygen atoms in total. The average molecular weight is 331 g/mol. The highest BCUT2D eigenvalue weighted by Gasteiger charge is 2.08. The molecule has 2 N–H and O–H groups in total. The normalized spacial score (nSPS) is 12.2. The molecular weight excluding hydrogens is 317 g/mol. The van der Waals surface area contributed by atoms with E-state index in [0.717, 1.165) is 11.1 Å². The molecule has 2 aromatic rings. The maximum absolute atomic E-state index is 6.17. The van der Waals surface area contributed by atoms with Gasteiger partial charge in [0.05, 0.1) is 15.1 Å². The van der Waals surface area contributed by atoms with E-state index in [2.05, 4.69) is 0 Å². The van der Waals surface area contributed by atoms with E-state index in [0.29, 0.717) is 27.4 Å². The molecule has 2 aromatic carbocycles. The third kappa shape index (κ3) is 3.58. The van der Waals surface area contributed by atoms with Crippen molar-refractivity contribution in [2.45, 2.75) is 19.6 Å². The van der Waals surface area contributed by atoms with Crippen LogP contribution in [0.4, 0.5) is 0 Å². The van der Waals surface area contributed by atoms with Crippen molar-refractivity contribution in [1.29, 1.82) is 0 Å². The molecule has 0 heterocycles. The van der Waals surface area contributed by atoms with E-state index in [4.69, 9.17) is 45.3 Å². The van der Waals surface area contributed by atoms with Crippen LogP contribution in [0.1, 0.15) is 24.1 Å². The Labute approximate surface area is 133 Å². The highest BCUT2D eigenvalue weighted by atomic mass is 35.5. The van der Waals surface area contributed by atoms with Gasteiger partial charge in [0.2, 0.25) is 0 Å². The summed E-state index contributed by atoms with van der Waals surface area (Å²) >= 11 is 18.2. The van der Waals surface area contributed by atoms with E-state index in [9.17, 15) is 0 Å². The van der Waals surface area contributed by atoms with Gasteiger partial charge < -0.3 is 10.5 Å². The van der Waals surface area contributed by atoms with Crippen LogP contribution in [0.2, 0.25) is 15.1 Å². The molecule has 0 saturated heterocycles. The molecular formula is C15H14Cl3NO. The molecule has 1 unspecified atom stereocenters. The molecule has 0 radical (unpaired) electrons. The van der Waals surface area contributed by atoms with E-state index in [1.807, 2.05) is 25.1 Å². The Bertz CT molecular complexity index is 614. The van der Waals surface area contributed by atoms with Gasteiger partial charge in [0.1, 0.15) is 12.4 Å². The fourth-order valence-corrected chi connectivity index (χ4v) is 2.35. The summed E-state index contributed by atoms with van der Waals surface area (Å²) in [5, 5.41) is 1.53. The fraction of sp³-hybridized carbons (Fsp3) is 0.200. The summed E-state index contributed by atoms with van der Waals surface area (Å²) in [6.07, 6.45) is 0. The fourth-order valence-electron chi connectivity index (χ4n) is 1.73. The molecule has 0 aliphatic heterocycles. The lowest BCUT2D eigenvalue weighted by Gasteiger charge is -2.12. The molecule has 0 aliphatic carbocycles. The standard InChI is InChI=1S/C15H14Cl3NO/c1-9(19)10-5-6-14(13(17)7-10)20-8-11-3-2-4-12(16)15(11)18/h2-7,9H,8,19H2,1H3. The van der Waals surface area contributed by atoms with Crippen LogP contribution < -0.4 is 10.5 Å². The van der Waals surface area contributed by atoms with Crippen molar-refractivity contribution in [1.82, 2.24) is 0 Å². The van der Waals surface area contributed by atoms with Crippen molar-refractivity contribution in [2.75, 3.05) is 0 Å². The lowest BCUT2D eigenvalue weighted by atomic mass is 10.1. The maximum Gasteiger partial charge on any atom is 0.138 e. The van der Waals surface area contributed by atoms with Gasteiger partial charge in [0.15, 0.2) is 0 Å². The number of ether oxygens (including phenoxy) is 1. The van der Waals surface area contributed by atoms with Crippen molar-refractivity contribution < 1.29 is 4.74 Å². The second-order valence-electron chi connectivity index (χ2n) is 4.48. The van der Waals surface area contributed by atoms with Crippen molar-refractivity contribution in [3.8, 4) is 5.75 Å². The third-order valence-electron chi connectivity index (χ3n) is 2.90. The Hall–Kier alpha value is -0.930. The molecule has 20 heavy (non-hydrogen) atoms. The Morgan fingerprint density at radius 3 is 2.50 bits per heavy atom. The topological polar surface area (TPSA) is 35.2 Å². The number of benzene rings is 2. The van der Waals surface area contributed by atoms with Crippen LogP contribution in [0, 0.1) is 0 Å². The Morgan fingerprint density at radius 1 is 1.10 bits per heavy atom. The first-order chi connectivity index (χ1) is 9.49. The van der Waals surface area contributed by atoms with Gasteiger partial charge >= 0.3 is 0 Å². The molecule has 0 amide bonds. The van der Waals surface area contributed by atoms with Crippen molar-refractivity contribution in [3.05, 3.63) is 62.6 Å². The van der Waals surface area contributed by atoms with Crippen molar-refractivity contribution >= 4 is 34.8 Å². The van der Waals surface area contributed by atoms with Crippen LogP contribution in [0.25, 0.3) is 0 Å². The summed E-state index contributed by atoms with van der Waals surface area (Å²) in [6, 6.07) is 10.9. The molecule has 1 atom stereocenters. The van der Waals surface area contributed by atoms with Gasteiger partial charge in [0, 0.05) is 11.6 Å². The Balaban J connectivity index is 2.13. The van der Waals surface area contributed by atoms with Crippen LogP contribution in [0.5, 0.6) is 5.75 Å². The maximum atomic E-state index is 6.17. The zero-order valence-electron chi connectivity index (χ0n) is 10.9. The summed E-state index contributed by atoms with van der Waals surface area (Å²) in [4.78, 5) is 0. The second-order valence-corrected chi connectivity index (χ2v) is 5.67. The molecule has 2 rings (SSSR count). The predicted molar refractivity (Wildman–Crippen MR) is 84.8 cm³/mol. The molecule has 0 bridgehead atoms. The quantitative estimate of drug-likeness (QED) is 0.831. The van der Waals surface area contributed by atoms with Gasteiger partial charge in [-0.25, -0.2) is 0 Å². The minimum Gasteiger partial charge on any atom is -0.487 e. The zero-order valence-corrected chi connectivity index (χ0v) is 13.1. The molecule has 5 heteroatoms. The van der Waals surface area contributed by atoms with E-state index in [1.165, 1.54) is 0 Å². The first-order valence-electron chi connectivity index (χ1n) is 6.09. The van der Waals surface area contributed by atoms with Crippen LogP contribution in [-0.2, 0) is 6.61 Å². The summed E-state index contributed by atoms with van der Waals surface area (Å²) in [5.41, 5.74) is 7.58. The first-order valence-corrected chi connectivity index (χ1v) is 7.23. The number of hydrogen-bond donors (Lipinski definition) is 1. The van der Waals surface area contributed by atoms with Gasteiger partial charge in [0.25, 0.3) is 0 Å². The number of halogens is 3. The summed E-state index contributed by atoms with van der Waals surface area (Å²) in [5.74, 6) is 0.590. The average Bonchev–Trinajstić information content (AvgIpc) is 2.41. The third-order valence-corrected chi connectivity index (χ3v) is 4.05. The largest absolute Gasteiger partial charge is 0.487 e. The van der Waals surface area contributed by atoms with E-state index >= 15 is 0 Å². The summed E-state index contributed by atoms with van der Waals surface area (Å²) in [7, 11) is 0. The molecule has 0 saturated carbocycles. The first kappa shape index (κ1) is 15.5. The van der Waals surface area contributed by atoms with E-state index < -0.39 is 0 Å². The number of hydrogen-bond acceptors (Lipinski definition) is 2. The van der Waals surface area contributed by atoms with Crippen molar-refractivity contribution in [2.24, 2.45) is 5.73 Å². The number of nitrogens with two attached hydrogens (primary N) is 1. The molecule has 0 spiro atoms. The zero-order chi connectivity index (χ0) is 14.7. The molecule has 0 fully saturated rings. The van der Waals surface area contributed by atoms with Gasteiger partial charge in [-0.3, -0.25) is 0 Å². The lowest BCUT2D eigenvalue weighted by Crippen LogP contribution is -2.05. The Kier molecular flexibility index (Phi) is 5.17. The SMILES string of the molecule is CC(N)c1ccc(OCc2cccc(Cl)c2Cl)c(Cl)c1. The minimum atomic E-state index is -0.0658. The highest BCUT2D eigenvalue weighted by molar-refractivity contribution is 6.42. The van der Waals surface area contributed by atoms with Gasteiger partial charge in [-0.1, -0.05) is 53.0 Å². The van der Waals surface area contributed by atoms with Crippen LogP contribution in [0.15, 0.2) is 36.4 Å². The summed E-state index contributed by atoms with van der Waals surface area (Å²) in [6.45, 7) is 2.20. The van der Waals surface area contributed by atoms with Gasteiger partial charge in [-0.2, -0.15) is 0 Å². The minimum absolute atomic E-state index is 0.0658. The highest BCUT2D eigenvalue weighted by Crippen LogP contribution is 2.30. The van der Waals surface area contributed by atoms with Crippen molar-refractivity contribution in [3.63, 3.8) is 0 Å². The van der Waals surface area contributed by atoms with Crippen LogP contribution in [-0.4, -0.2) is 0 Å². The monoisotopic (exact) mass is 329 g/mol. The van der Waals surface area contributed by atoms with E-state index in [-0.39, 0.29) is 6.04 Å². The Morgan fingerprint density at radius 2 is 1.85 bits per heavy atom. The molecule has 106 valence electrons. The smallest absolute Gasteiger partial charge is 0.138 e. The van der Waals surface area contributed by atoms with Crippen LogP contribution >= 0.6 is 34.8 Å². The van der Waals surface area contributed by atoms with E-state index in [1.54, 1.807) is 18.2 Å². The van der Waals surface area contributed by atoms with Gasteiger partial charge in [-0.15, -0.1) is 0 Å². The second kappa shape index (κ2) is 6.68. The molecule has 0 aromatic heterocycles. The summed E-state index contributed by atoms with van der Waals surface area (Å²) < 4.78 is 5.68. The lowest BCUT2D eigenvalue weighted by molar-refractivity contribution is 0.306. The number of rotatable bonds is 4. The van der Waals surface area contributed by atoms with Crippen LogP contribution in [0.3, 0.4) is 0 Å². The molecule has 0 aliphatic rings. The predicted octanol–water partition coefficient (Wildman–Crippen LogP) is 5.25. The van der Waals surface area contributed by atoms with Gasteiger partial charge in [-0.05, 0) is 30.7 Å².